The van der Waals surface area contributed by atoms with Gasteiger partial charge in [0.2, 0.25) is 0 Å². The smallest absolute Gasteiger partial charge is 0.0703 e. The Kier molecular flexibility index (Phi) is 9.03. The second kappa shape index (κ2) is 15.8. The van der Waals surface area contributed by atoms with Crippen LogP contribution >= 0.6 is 0 Å². The molecule has 1 fully saturated rings. The molecule has 4 heteroatoms. The van der Waals surface area contributed by atoms with Crippen molar-refractivity contribution < 1.29 is 0 Å². The lowest BCUT2D eigenvalue weighted by Gasteiger charge is -2.40. The summed E-state index contributed by atoms with van der Waals surface area (Å²) in [5, 5.41) is 2.44. The maximum atomic E-state index is 2.53. The van der Waals surface area contributed by atoms with Gasteiger partial charge < -0.3 is 19.6 Å². The van der Waals surface area contributed by atoms with Gasteiger partial charge in [-0.1, -0.05) is 152 Å². The molecular formula is C65H48N4. The molecule has 4 nitrogen and oxygen atoms in total. The summed E-state index contributed by atoms with van der Waals surface area (Å²) in [6.45, 7) is 0. The van der Waals surface area contributed by atoms with E-state index in [0.29, 0.717) is 0 Å². The van der Waals surface area contributed by atoms with Gasteiger partial charge >= 0.3 is 0 Å². The van der Waals surface area contributed by atoms with Crippen molar-refractivity contribution in [1.29, 1.82) is 0 Å². The lowest BCUT2D eigenvalue weighted by molar-refractivity contribution is 0.550. The summed E-state index contributed by atoms with van der Waals surface area (Å²) in [5.74, 6) is 0. The van der Waals surface area contributed by atoms with Crippen molar-refractivity contribution in [3.63, 3.8) is 0 Å². The summed E-state index contributed by atoms with van der Waals surface area (Å²) in [4.78, 5) is 9.67. The van der Waals surface area contributed by atoms with Gasteiger partial charge in [0, 0.05) is 28.2 Å². The highest BCUT2D eigenvalue weighted by atomic mass is 15.3. The molecule has 0 saturated heterocycles. The van der Waals surface area contributed by atoms with E-state index in [-0.39, 0.29) is 5.41 Å². The number of benzene rings is 10. The number of hydrogen-bond donors (Lipinski definition) is 0. The number of para-hydroxylation sites is 10. The third kappa shape index (κ3) is 6.22. The highest BCUT2D eigenvalue weighted by Crippen LogP contribution is 2.60. The first-order chi connectivity index (χ1) is 34.2. The van der Waals surface area contributed by atoms with Crippen LogP contribution in [-0.4, -0.2) is 0 Å². The van der Waals surface area contributed by atoms with Crippen LogP contribution in [0.4, 0.5) is 68.2 Å². The average molecular weight is 885 g/mol. The molecule has 10 aromatic carbocycles. The molecule has 69 heavy (non-hydrogen) atoms. The standard InChI is InChI=1S/C65H48N4/c1-3-17-49(18-4-1)66-57-21-7-11-25-61(57)68(62-26-12-8-22-58(62)66)51-35-34-47-41-45(31-33-48(47)43-51)29-30-46-32-37-53-54-38-36-52(44-56(54)65(55(53)42-46)39-15-16-40-65)69-63-27-13-9-23-59(63)67(50-19-5-2-6-20-50)60-24-10-14-28-64(60)69/h1-14,17-38,41-44H,15-16,39-40H2/b30-29+. The van der Waals surface area contributed by atoms with Crippen LogP contribution in [0.1, 0.15) is 47.9 Å². The van der Waals surface area contributed by atoms with E-state index in [1.807, 2.05) is 0 Å². The molecule has 0 bridgehead atoms. The van der Waals surface area contributed by atoms with Gasteiger partial charge in [0.05, 0.1) is 45.5 Å². The second-order valence-corrected chi connectivity index (χ2v) is 18.9. The SMILES string of the molecule is C(=C\c1ccc2cc(N3c4ccccc4N(c4ccccc4)c4ccccc43)ccc2c1)/c1ccc2c(c1)C1(CCCC1)c1cc(N3c4ccccc4N(c4ccccc4)c4ccccc43)ccc1-2. The minimum absolute atomic E-state index is 0.00526. The van der Waals surface area contributed by atoms with Gasteiger partial charge in [-0.15, -0.1) is 0 Å². The van der Waals surface area contributed by atoms with Gasteiger partial charge in [0.25, 0.3) is 0 Å². The predicted octanol–water partition coefficient (Wildman–Crippen LogP) is 18.4. The number of anilines is 12. The summed E-state index contributed by atoms with van der Waals surface area (Å²) < 4.78 is 0. The lowest BCUT2D eigenvalue weighted by Crippen LogP contribution is -2.25. The summed E-state index contributed by atoms with van der Waals surface area (Å²) >= 11 is 0. The summed E-state index contributed by atoms with van der Waals surface area (Å²) in [6.07, 6.45) is 9.43. The van der Waals surface area contributed by atoms with Crippen molar-refractivity contribution in [1.82, 2.24) is 0 Å². The second-order valence-electron chi connectivity index (χ2n) is 18.9. The number of nitrogens with zero attached hydrogens (tertiary/aromatic N) is 4. The third-order valence-electron chi connectivity index (χ3n) is 15.1. The van der Waals surface area contributed by atoms with Crippen molar-refractivity contribution in [3.8, 4) is 11.1 Å². The molecule has 0 radical (unpaired) electrons. The largest absolute Gasteiger partial charge is 0.306 e. The van der Waals surface area contributed by atoms with Crippen LogP contribution in [0.15, 0.2) is 231 Å². The minimum atomic E-state index is 0.00526. The molecule has 0 atom stereocenters. The van der Waals surface area contributed by atoms with Gasteiger partial charge in [0.1, 0.15) is 0 Å². The van der Waals surface area contributed by atoms with E-state index in [1.54, 1.807) is 0 Å². The number of fused-ring (bicyclic) bond motifs is 10. The van der Waals surface area contributed by atoms with Crippen molar-refractivity contribution in [3.05, 3.63) is 253 Å². The Labute approximate surface area is 403 Å². The lowest BCUT2D eigenvalue weighted by atomic mass is 9.76. The summed E-state index contributed by atoms with van der Waals surface area (Å²) in [6, 6.07) is 84.8. The molecular weight excluding hydrogens is 837 g/mol. The first-order valence-electron chi connectivity index (χ1n) is 24.4. The van der Waals surface area contributed by atoms with Crippen molar-refractivity contribution in [2.75, 3.05) is 19.6 Å². The van der Waals surface area contributed by atoms with Crippen LogP contribution in [0, 0.1) is 0 Å². The van der Waals surface area contributed by atoms with E-state index in [9.17, 15) is 0 Å². The topological polar surface area (TPSA) is 13.0 Å². The van der Waals surface area contributed by atoms with Crippen LogP contribution < -0.4 is 19.6 Å². The molecule has 0 N–H and O–H groups in total. The zero-order chi connectivity index (χ0) is 45.5. The summed E-state index contributed by atoms with van der Waals surface area (Å²) in [5.41, 5.74) is 22.2. The Hall–Kier alpha value is -8.60. The Morgan fingerprint density at radius 3 is 1.13 bits per heavy atom. The van der Waals surface area contributed by atoms with E-state index in [4.69, 9.17) is 0 Å². The quantitative estimate of drug-likeness (QED) is 0.154. The predicted molar refractivity (Wildman–Crippen MR) is 290 cm³/mol. The Balaban J connectivity index is 0.778. The van der Waals surface area contributed by atoms with Gasteiger partial charge in [-0.3, -0.25) is 0 Å². The molecule has 2 aliphatic heterocycles. The van der Waals surface area contributed by atoms with Crippen LogP contribution in [0.5, 0.6) is 0 Å². The van der Waals surface area contributed by atoms with Gasteiger partial charge in [-0.05, 0) is 160 Å². The normalized spacial score (nSPS) is 15.0. The number of rotatable bonds is 6. The van der Waals surface area contributed by atoms with Gasteiger partial charge in [0.15, 0.2) is 0 Å². The average Bonchev–Trinajstić information content (AvgIpc) is 4.02. The molecule has 0 amide bonds. The van der Waals surface area contributed by atoms with E-state index in [0.717, 1.165) is 39.8 Å². The molecule has 0 unspecified atom stereocenters. The van der Waals surface area contributed by atoms with Crippen LogP contribution in [-0.2, 0) is 5.41 Å². The molecule has 328 valence electrons. The third-order valence-corrected chi connectivity index (χ3v) is 15.1. The molecule has 1 saturated carbocycles. The summed E-state index contributed by atoms with van der Waals surface area (Å²) in [7, 11) is 0. The molecule has 10 aromatic rings. The molecule has 2 heterocycles. The van der Waals surface area contributed by atoms with Crippen molar-refractivity contribution in [2.24, 2.45) is 0 Å². The number of hydrogen-bond acceptors (Lipinski definition) is 4. The maximum Gasteiger partial charge on any atom is 0.0703 e. The fraction of sp³-hybridized carbons (Fsp3) is 0.0769. The van der Waals surface area contributed by atoms with E-state index < -0.39 is 0 Å². The molecule has 14 rings (SSSR count). The zero-order valence-electron chi connectivity index (χ0n) is 38.2. The minimum Gasteiger partial charge on any atom is -0.306 e. The fourth-order valence-electron chi connectivity index (χ4n) is 12.1. The van der Waals surface area contributed by atoms with Crippen LogP contribution in [0.2, 0.25) is 0 Å². The molecule has 4 aliphatic rings. The first kappa shape index (κ1) is 39.6. The fourth-order valence-corrected chi connectivity index (χ4v) is 12.1. The van der Waals surface area contributed by atoms with Crippen LogP contribution in [0.3, 0.4) is 0 Å². The van der Waals surface area contributed by atoms with Gasteiger partial charge in [-0.25, -0.2) is 0 Å². The van der Waals surface area contributed by atoms with Crippen molar-refractivity contribution in [2.45, 2.75) is 31.1 Å². The van der Waals surface area contributed by atoms with Crippen molar-refractivity contribution >= 4 is 91.2 Å². The Morgan fingerprint density at radius 1 is 0.290 bits per heavy atom. The molecule has 0 aromatic heterocycles. The molecule has 2 aliphatic carbocycles. The Bertz CT molecular complexity index is 3570. The van der Waals surface area contributed by atoms with Crippen LogP contribution in [0.25, 0.3) is 34.1 Å². The highest BCUT2D eigenvalue weighted by Gasteiger charge is 2.45. The maximum absolute atomic E-state index is 2.53. The first-order valence-corrected chi connectivity index (χ1v) is 24.4. The monoisotopic (exact) mass is 884 g/mol. The zero-order valence-corrected chi connectivity index (χ0v) is 38.2. The van der Waals surface area contributed by atoms with E-state index in [2.05, 4.69) is 262 Å². The van der Waals surface area contributed by atoms with E-state index >= 15 is 0 Å². The molecule has 1 spiro atoms. The highest BCUT2D eigenvalue weighted by molar-refractivity contribution is 6.04. The van der Waals surface area contributed by atoms with Gasteiger partial charge in [-0.2, -0.15) is 0 Å². The Morgan fingerprint density at radius 2 is 0.638 bits per heavy atom. The van der Waals surface area contributed by atoms with E-state index in [1.165, 1.54) is 98.3 Å².